The van der Waals surface area contributed by atoms with Gasteiger partial charge in [0.1, 0.15) is 0 Å². The molecule has 8 rings (SSSR count). The maximum atomic E-state index is 13.5. The van der Waals surface area contributed by atoms with Crippen LogP contribution in [0.5, 0.6) is 17.2 Å². The Morgan fingerprint density at radius 1 is 0.639 bits per heavy atom. The average molecular weight is 841 g/mol. The van der Waals surface area contributed by atoms with E-state index < -0.39 is 89.9 Å². The Morgan fingerprint density at radius 3 is 1.61 bits per heavy atom. The van der Waals surface area contributed by atoms with Crippen LogP contribution >= 0.6 is 0 Å². The van der Waals surface area contributed by atoms with Gasteiger partial charge in [-0.15, -0.1) is 5.10 Å². The summed E-state index contributed by atoms with van der Waals surface area (Å²) in [5.74, 6) is -7.38. The lowest BCUT2D eigenvalue weighted by Gasteiger charge is -2.71. The van der Waals surface area contributed by atoms with Crippen LogP contribution in [0.15, 0.2) is 70.8 Å². The summed E-state index contributed by atoms with van der Waals surface area (Å²) >= 11 is 0. The fraction of sp³-hybridized carbons (Fsp3) is 0.512. The van der Waals surface area contributed by atoms with Crippen LogP contribution in [-0.2, 0) is 11.3 Å². The minimum absolute atomic E-state index is 0.00675. The van der Waals surface area contributed by atoms with Crippen LogP contribution in [0.1, 0.15) is 127 Å². The van der Waals surface area contributed by atoms with Crippen molar-refractivity contribution in [3.63, 3.8) is 0 Å². The van der Waals surface area contributed by atoms with Gasteiger partial charge in [-0.25, -0.2) is 0 Å². The normalized spacial score (nSPS) is 23.8. The molecule has 18 heteroatoms. The fourth-order valence-electron chi connectivity index (χ4n) is 11.1. The third-order valence-corrected chi connectivity index (χ3v) is 12.7. The van der Waals surface area contributed by atoms with Crippen LogP contribution < -0.4 is 42.2 Å². The number of aromatic nitrogens is 3. The van der Waals surface area contributed by atoms with E-state index >= 15 is 0 Å². The molecular formula is C43H46N5O13-3. The number of carbonyl (C=O) groups is 4. The number of ketones is 2. The molecule has 4 fully saturated rings. The zero-order chi connectivity index (χ0) is 43.6. The van der Waals surface area contributed by atoms with Crippen LogP contribution in [0.25, 0.3) is 0 Å². The second kappa shape index (κ2) is 17.0. The molecule has 0 aliphatic heterocycles. The van der Waals surface area contributed by atoms with Crippen LogP contribution in [0.2, 0.25) is 0 Å². The van der Waals surface area contributed by atoms with E-state index in [2.05, 4.69) is 20.9 Å². The number of unbranched alkanes of at least 4 members (excludes halogenated alkanes) is 2. The molecule has 0 radical (unpaired) electrons. The molecule has 2 amide bonds. The second-order valence-electron chi connectivity index (χ2n) is 17.6. The lowest BCUT2D eigenvalue weighted by Crippen LogP contribution is -2.65. The fourth-order valence-corrected chi connectivity index (χ4v) is 11.1. The Labute approximate surface area is 348 Å². The summed E-state index contributed by atoms with van der Waals surface area (Å²) in [5.41, 5.74) is -4.53. The van der Waals surface area contributed by atoms with Crippen molar-refractivity contribution in [2.45, 2.75) is 103 Å². The third kappa shape index (κ3) is 9.22. The second-order valence-corrected chi connectivity index (χ2v) is 17.6. The molecule has 4 heterocycles. The highest BCUT2D eigenvalue weighted by atomic mass is 16.4. The van der Waals surface area contributed by atoms with Gasteiger partial charge in [0.15, 0.2) is 45.1 Å². The average Bonchev–Trinajstić information content (AvgIpc) is 3.64. The molecule has 2 unspecified atom stereocenters. The van der Waals surface area contributed by atoms with Gasteiger partial charge in [-0.3, -0.25) is 38.2 Å². The van der Waals surface area contributed by atoms with E-state index in [9.17, 15) is 48.9 Å². The number of amides is 2. The summed E-state index contributed by atoms with van der Waals surface area (Å²) in [6.45, 7) is 2.77. The van der Waals surface area contributed by atoms with E-state index in [1.165, 1.54) is 0 Å². The number of nitrogens with one attached hydrogen (secondary N) is 2. The highest BCUT2D eigenvalue weighted by molar-refractivity contribution is 5.96. The highest BCUT2D eigenvalue weighted by Crippen LogP contribution is 2.75. The molecule has 0 saturated heterocycles. The van der Waals surface area contributed by atoms with Gasteiger partial charge in [0.05, 0.1) is 24.5 Å². The number of carbonyl (C=O) groups excluding carboxylic acids is 4. The molecule has 18 nitrogen and oxygen atoms in total. The zero-order valence-corrected chi connectivity index (χ0v) is 33.7. The van der Waals surface area contributed by atoms with Crippen LogP contribution in [0.3, 0.4) is 0 Å². The minimum Gasteiger partial charge on any atom is -0.867 e. The number of Topliss-reactive ketones (excluding diaryl/α,β-unsaturated/α-hetero) is 2. The Kier molecular flexibility index (Phi) is 11.9. The number of hydrogen-bond acceptors (Lipinski definition) is 15. The van der Waals surface area contributed by atoms with Gasteiger partial charge in [-0.2, -0.15) is 0 Å². The number of aryl methyl sites for hydroxylation is 2. The van der Waals surface area contributed by atoms with Crippen molar-refractivity contribution >= 4 is 23.4 Å². The van der Waals surface area contributed by atoms with E-state index in [-0.39, 0.29) is 51.1 Å². The molecule has 0 spiro atoms. The number of nitrogens with zero attached hydrogens (tertiary/aromatic N) is 3. The molecule has 4 aliphatic rings. The number of hydrogen-bond donors (Lipinski definition) is 2. The summed E-state index contributed by atoms with van der Waals surface area (Å²) in [4.78, 5) is 90.2. The molecule has 324 valence electrons. The first-order chi connectivity index (χ1) is 29.0. The van der Waals surface area contributed by atoms with Gasteiger partial charge in [0, 0.05) is 63.3 Å². The molecule has 4 atom stereocenters. The predicted octanol–water partition coefficient (Wildman–Crippen LogP) is 2.43. The summed E-state index contributed by atoms with van der Waals surface area (Å²) < 4.78 is 17.3. The Bertz CT molecular complexity index is 2290. The Hall–Kier alpha value is -6.33. The molecule has 0 aromatic carbocycles. The van der Waals surface area contributed by atoms with E-state index in [1.54, 1.807) is 4.68 Å². The van der Waals surface area contributed by atoms with Crippen LogP contribution in [0.4, 0.5) is 0 Å². The standard InChI is InChI=1S/C43H49N5O13/c1-26-17-48(47-46-26)13-4-2-3-5-32(54)44-24-42-19-40(11-6-30(52)36-33(55)27(49)8-14-59-36)18-41(20-42,12-7-31(53)37-34(56)28(50)9-15-60-37)22-43(21-40,23-42)25-45-39(58)38-35(57)29(51)10-16-61-38/h8-10,14-17,55-57H,2-7,11-13,18-25H2,1H3,(H,44,54)(H,45,58)/p-3/t40-,41+,42?,43?. The summed E-state index contributed by atoms with van der Waals surface area (Å²) in [7, 11) is 0. The Morgan fingerprint density at radius 2 is 1.10 bits per heavy atom. The van der Waals surface area contributed by atoms with Gasteiger partial charge in [0.2, 0.25) is 5.91 Å². The third-order valence-electron chi connectivity index (χ3n) is 12.7. The quantitative estimate of drug-likeness (QED) is 0.101. The largest absolute Gasteiger partial charge is 0.867 e. The summed E-state index contributed by atoms with van der Waals surface area (Å²) in [6.07, 6.45) is 10.4. The van der Waals surface area contributed by atoms with Gasteiger partial charge >= 0.3 is 0 Å². The molecule has 4 aromatic heterocycles. The van der Waals surface area contributed by atoms with E-state index in [0.29, 0.717) is 51.5 Å². The number of rotatable bonds is 19. The molecule has 4 bridgehead atoms. The monoisotopic (exact) mass is 840 g/mol. The molecule has 4 aliphatic carbocycles. The highest BCUT2D eigenvalue weighted by Gasteiger charge is 2.67. The van der Waals surface area contributed by atoms with Crippen LogP contribution in [0, 0.1) is 28.6 Å². The van der Waals surface area contributed by atoms with Crippen LogP contribution in [-0.4, -0.2) is 51.5 Å². The van der Waals surface area contributed by atoms with Crippen molar-refractivity contribution in [1.29, 1.82) is 0 Å². The maximum Gasteiger partial charge on any atom is 0.286 e. The first kappa shape index (κ1) is 42.8. The van der Waals surface area contributed by atoms with Crippen molar-refractivity contribution in [1.82, 2.24) is 25.6 Å². The lowest BCUT2D eigenvalue weighted by molar-refractivity contribution is -0.272. The van der Waals surface area contributed by atoms with E-state index in [1.807, 2.05) is 13.1 Å². The Balaban J connectivity index is 1.16. The van der Waals surface area contributed by atoms with Crippen molar-refractivity contribution < 1.29 is 47.7 Å². The van der Waals surface area contributed by atoms with Crippen molar-refractivity contribution in [3.05, 3.63) is 96.8 Å². The predicted molar refractivity (Wildman–Crippen MR) is 206 cm³/mol. The minimum atomic E-state index is -1.10. The molecular weight excluding hydrogens is 794 g/mol. The SMILES string of the molecule is Cc1cn(CCCCCC(=O)NCC23CC4(CNC(=O)c5occc(=O)c5[O-])C[C@](CCC(=O)c5occc(=O)c5[O-])(C2)C[C@](CCC(=O)c2occc(=O)c2[O-])(C3)C4)nn1. The maximum absolute atomic E-state index is 13.5. The topological polar surface area (TPSA) is 283 Å². The molecule has 61 heavy (non-hydrogen) atoms. The van der Waals surface area contributed by atoms with Crippen molar-refractivity contribution in [3.8, 4) is 17.2 Å². The first-order valence-corrected chi connectivity index (χ1v) is 20.4. The smallest absolute Gasteiger partial charge is 0.286 e. The van der Waals surface area contributed by atoms with E-state index in [4.69, 9.17) is 13.3 Å². The summed E-state index contributed by atoms with van der Waals surface area (Å²) in [6, 6.07) is 2.79. The zero-order valence-electron chi connectivity index (χ0n) is 33.7. The van der Waals surface area contributed by atoms with Gasteiger partial charge in [-0.05, 0) is 110 Å². The van der Waals surface area contributed by atoms with Crippen molar-refractivity contribution in [2.75, 3.05) is 13.1 Å². The van der Waals surface area contributed by atoms with Crippen molar-refractivity contribution in [2.24, 2.45) is 21.7 Å². The molecule has 4 aromatic rings. The van der Waals surface area contributed by atoms with Gasteiger partial charge in [-0.1, -0.05) is 11.6 Å². The van der Waals surface area contributed by atoms with E-state index in [0.717, 1.165) is 55.5 Å². The first-order valence-electron chi connectivity index (χ1n) is 20.4. The molecule has 4 saturated carbocycles. The van der Waals surface area contributed by atoms with Gasteiger partial charge < -0.3 is 39.2 Å². The van der Waals surface area contributed by atoms with Gasteiger partial charge in [0.25, 0.3) is 5.91 Å². The summed E-state index contributed by atoms with van der Waals surface area (Å²) in [5, 5.41) is 51.8. The molecule has 2 N–H and O–H groups in total. The lowest BCUT2D eigenvalue weighted by atomic mass is 9.34.